The van der Waals surface area contributed by atoms with Gasteiger partial charge in [-0.05, 0) is 99.5 Å². The van der Waals surface area contributed by atoms with Crippen molar-refractivity contribution in [3.63, 3.8) is 0 Å². The maximum Gasteiger partial charge on any atom is 4.00 e. The zero-order valence-electron chi connectivity index (χ0n) is 29.0. The van der Waals surface area contributed by atoms with E-state index in [1.807, 2.05) is 0 Å². The molecule has 0 heterocycles. The van der Waals surface area contributed by atoms with E-state index in [4.69, 9.17) is 0 Å². The smallest absolute Gasteiger partial charge is 1.00 e. The fourth-order valence-electron chi connectivity index (χ4n) is 6.88. The van der Waals surface area contributed by atoms with Crippen LogP contribution in [0.5, 0.6) is 0 Å². The third kappa shape index (κ3) is 9.45. The van der Waals surface area contributed by atoms with Gasteiger partial charge >= 0.3 is 21.7 Å². The van der Waals surface area contributed by atoms with E-state index in [2.05, 4.69) is 139 Å². The fourth-order valence-corrected chi connectivity index (χ4v) is 12.1. The zero-order valence-corrected chi connectivity index (χ0v) is 33.8. The predicted octanol–water partition coefficient (Wildman–Crippen LogP) is -0.618. The number of benzene rings is 4. The van der Waals surface area contributed by atoms with E-state index < -0.39 is 8.07 Å². The van der Waals surface area contributed by atoms with Crippen LogP contribution in [-0.4, -0.2) is 8.07 Å². The van der Waals surface area contributed by atoms with Crippen LogP contribution in [0.15, 0.2) is 102 Å². The molecule has 0 spiro atoms. The SMILES string of the molecule is CCc1cc(CC)cc([Si](C2=[C-]C(Cc3ccccc3)=CC2)(c2cc(CC)cc(CC)c2)c2cc(CC)cc(CC)c2)c1.[Cl-].[Cl-].[Cl-].[Ti+4]. The standard InChI is InChI=1S/C42H49Si.3ClH.Ti/c1-7-31-20-32(8-2)25-40(24-31)43(41-26-33(9-3)21-34(10-4)27-41,42-28-35(11-5)22-36(12-6)29-42)39-19-18-38(30-39)23-37-16-14-13-15-17-37;;;;/h13-18,20-22,24-29H,7-12,19,23H2,1-6H3;3*1H;/q-1;;;;+4/p-3. The van der Waals surface area contributed by atoms with Gasteiger partial charge in [-0.25, -0.2) is 11.6 Å². The molecule has 246 valence electrons. The van der Waals surface area contributed by atoms with Gasteiger partial charge in [-0.15, -0.1) is 0 Å². The molecule has 0 aliphatic heterocycles. The Hall–Kier alpha value is -1.84. The summed E-state index contributed by atoms with van der Waals surface area (Å²) in [6, 6.07) is 33.7. The van der Waals surface area contributed by atoms with Gasteiger partial charge in [0.15, 0.2) is 8.07 Å². The summed E-state index contributed by atoms with van der Waals surface area (Å²) in [5, 5.41) is 6.11. The first kappa shape index (κ1) is 43.2. The summed E-state index contributed by atoms with van der Waals surface area (Å²) < 4.78 is 0. The molecule has 0 bridgehead atoms. The minimum absolute atomic E-state index is 0. The topological polar surface area (TPSA) is 0 Å². The maximum atomic E-state index is 4.14. The average molecular weight is 736 g/mol. The quantitative estimate of drug-likeness (QED) is 0.104. The average Bonchev–Trinajstić information content (AvgIpc) is 3.53. The Morgan fingerprint density at radius 1 is 0.489 bits per heavy atom. The molecule has 0 saturated carbocycles. The maximum absolute atomic E-state index is 4.14. The van der Waals surface area contributed by atoms with Gasteiger partial charge < -0.3 is 37.2 Å². The van der Waals surface area contributed by atoms with E-state index in [0.29, 0.717) is 0 Å². The van der Waals surface area contributed by atoms with Crippen molar-refractivity contribution in [2.45, 2.75) is 92.9 Å². The van der Waals surface area contributed by atoms with Crippen LogP contribution in [0.25, 0.3) is 0 Å². The molecular formula is C42H49Cl3SiTi. The molecule has 0 unspecified atom stereocenters. The van der Waals surface area contributed by atoms with E-state index in [0.717, 1.165) is 51.4 Å². The summed E-state index contributed by atoms with van der Waals surface area (Å²) in [5.41, 5.74) is 11.4. The summed E-state index contributed by atoms with van der Waals surface area (Å²) in [5.74, 6) is 0. The van der Waals surface area contributed by atoms with Crippen LogP contribution in [0.1, 0.15) is 86.9 Å². The fraction of sp³-hybridized carbons (Fsp3) is 0.333. The summed E-state index contributed by atoms with van der Waals surface area (Å²) in [4.78, 5) is 0. The van der Waals surface area contributed by atoms with Crippen molar-refractivity contribution in [1.29, 1.82) is 0 Å². The molecule has 0 nitrogen and oxygen atoms in total. The van der Waals surface area contributed by atoms with Crippen molar-refractivity contribution >= 4 is 23.6 Å². The number of rotatable bonds is 12. The normalized spacial score (nSPS) is 12.1. The summed E-state index contributed by atoms with van der Waals surface area (Å²) in [6.45, 7) is 13.8. The molecule has 5 rings (SSSR count). The van der Waals surface area contributed by atoms with Crippen LogP contribution in [0, 0.1) is 6.08 Å². The van der Waals surface area contributed by atoms with Gasteiger partial charge in [-0.3, -0.25) is 6.08 Å². The van der Waals surface area contributed by atoms with Gasteiger partial charge in [0.25, 0.3) is 0 Å². The van der Waals surface area contributed by atoms with Crippen molar-refractivity contribution < 1.29 is 58.9 Å². The molecule has 4 aromatic rings. The molecule has 0 atom stereocenters. The minimum Gasteiger partial charge on any atom is -1.00 e. The van der Waals surface area contributed by atoms with E-state index in [9.17, 15) is 0 Å². The second kappa shape index (κ2) is 20.0. The second-order valence-corrected chi connectivity index (χ2v) is 16.0. The molecule has 1 aliphatic carbocycles. The van der Waals surface area contributed by atoms with Crippen LogP contribution in [0.3, 0.4) is 0 Å². The third-order valence-electron chi connectivity index (χ3n) is 9.46. The molecule has 0 fully saturated rings. The van der Waals surface area contributed by atoms with Crippen molar-refractivity contribution in [2.24, 2.45) is 0 Å². The van der Waals surface area contributed by atoms with Crippen molar-refractivity contribution in [2.75, 3.05) is 0 Å². The number of allylic oxidation sites excluding steroid dienone is 4. The molecule has 1 aliphatic rings. The summed E-state index contributed by atoms with van der Waals surface area (Å²) >= 11 is 0. The number of halogens is 3. The van der Waals surface area contributed by atoms with Gasteiger partial charge in [0.1, 0.15) is 0 Å². The van der Waals surface area contributed by atoms with E-state index >= 15 is 0 Å². The second-order valence-electron chi connectivity index (χ2n) is 12.2. The Kier molecular flexibility index (Phi) is 18.4. The Labute approximate surface area is 320 Å². The van der Waals surface area contributed by atoms with Crippen LogP contribution >= 0.6 is 0 Å². The first-order chi connectivity index (χ1) is 21.0. The Morgan fingerprint density at radius 3 is 1.15 bits per heavy atom. The van der Waals surface area contributed by atoms with Gasteiger partial charge in [-0.1, -0.05) is 133 Å². The van der Waals surface area contributed by atoms with Crippen LogP contribution < -0.4 is 52.8 Å². The van der Waals surface area contributed by atoms with Gasteiger partial charge in [0, 0.05) is 0 Å². The predicted molar refractivity (Wildman–Crippen MR) is 190 cm³/mol. The van der Waals surface area contributed by atoms with Crippen LogP contribution in [-0.2, 0) is 66.7 Å². The number of hydrogen-bond acceptors (Lipinski definition) is 0. The molecule has 0 aromatic heterocycles. The minimum atomic E-state index is -2.68. The summed E-state index contributed by atoms with van der Waals surface area (Å²) in [7, 11) is -2.68. The van der Waals surface area contributed by atoms with Crippen LogP contribution in [0.2, 0.25) is 0 Å². The monoisotopic (exact) mass is 734 g/mol. The van der Waals surface area contributed by atoms with Gasteiger partial charge in [0.05, 0.1) is 0 Å². The number of aryl methyl sites for hydroxylation is 6. The molecule has 4 aromatic carbocycles. The Bertz CT molecular complexity index is 1440. The molecular weight excluding hydrogens is 687 g/mol. The third-order valence-corrected chi connectivity index (χ3v) is 14.2. The Balaban J connectivity index is 0.00000276. The molecule has 0 radical (unpaired) electrons. The van der Waals surface area contributed by atoms with Crippen LogP contribution in [0.4, 0.5) is 0 Å². The molecule has 47 heavy (non-hydrogen) atoms. The molecule has 0 saturated heterocycles. The van der Waals surface area contributed by atoms with E-state index in [1.165, 1.54) is 65.3 Å². The van der Waals surface area contributed by atoms with Crippen molar-refractivity contribution in [3.8, 4) is 0 Å². The Morgan fingerprint density at radius 2 is 0.830 bits per heavy atom. The first-order valence-electron chi connectivity index (χ1n) is 16.7. The zero-order chi connectivity index (χ0) is 30.4. The van der Waals surface area contributed by atoms with Gasteiger partial charge in [0.2, 0.25) is 0 Å². The largest absolute Gasteiger partial charge is 4.00 e. The van der Waals surface area contributed by atoms with Crippen molar-refractivity contribution in [1.82, 2.24) is 0 Å². The van der Waals surface area contributed by atoms with E-state index in [-0.39, 0.29) is 58.9 Å². The van der Waals surface area contributed by atoms with E-state index in [1.54, 1.807) is 0 Å². The molecule has 0 amide bonds. The number of hydrogen-bond donors (Lipinski definition) is 0. The van der Waals surface area contributed by atoms with Crippen molar-refractivity contribution in [3.05, 3.63) is 147 Å². The van der Waals surface area contributed by atoms with Gasteiger partial charge in [-0.2, -0.15) is 5.20 Å². The first-order valence-corrected chi connectivity index (χ1v) is 18.7. The molecule has 5 heteroatoms. The summed E-state index contributed by atoms with van der Waals surface area (Å²) in [6.07, 6.45) is 14.8. The molecule has 0 N–H and O–H groups in total.